The minimum Gasteiger partial charge on any atom is -0.481 e. The summed E-state index contributed by atoms with van der Waals surface area (Å²) in [5.41, 5.74) is 4.14. The van der Waals surface area contributed by atoms with E-state index in [0.717, 1.165) is 22.2 Å². The molecule has 1 aromatic carbocycles. The van der Waals surface area contributed by atoms with E-state index >= 15 is 0 Å². The Labute approximate surface area is 87.7 Å². The van der Waals surface area contributed by atoms with E-state index in [0.29, 0.717) is 0 Å². The van der Waals surface area contributed by atoms with Gasteiger partial charge in [0.2, 0.25) is 0 Å². The van der Waals surface area contributed by atoms with Gasteiger partial charge in [-0.2, -0.15) is 0 Å². The molecule has 15 heavy (non-hydrogen) atoms. The molecule has 1 heterocycles. The van der Waals surface area contributed by atoms with Crippen molar-refractivity contribution in [1.29, 1.82) is 0 Å². The van der Waals surface area contributed by atoms with Crippen molar-refractivity contribution in [2.24, 2.45) is 0 Å². The molecule has 0 atom stereocenters. The fraction of sp³-hybridized carbons (Fsp3) is 0.250. The largest absolute Gasteiger partial charge is 0.481 e. The number of carboxylic acids is 1. The number of aromatic nitrogens is 1. The first kappa shape index (κ1) is 9.77. The Bertz CT molecular complexity index is 526. The number of aryl methyl sites for hydroxylation is 2. The van der Waals surface area contributed by atoms with Crippen LogP contribution >= 0.6 is 0 Å². The van der Waals surface area contributed by atoms with Gasteiger partial charge in [-0.3, -0.25) is 4.79 Å². The number of H-pyrrole nitrogens is 1. The zero-order chi connectivity index (χ0) is 11.0. The summed E-state index contributed by atoms with van der Waals surface area (Å²) in [6.07, 6.45) is 0.0488. The first-order valence-electron chi connectivity index (χ1n) is 4.87. The van der Waals surface area contributed by atoms with E-state index in [9.17, 15) is 4.79 Å². The predicted octanol–water partition coefficient (Wildman–Crippen LogP) is 2.41. The highest BCUT2D eigenvalue weighted by molar-refractivity contribution is 5.85. The summed E-state index contributed by atoms with van der Waals surface area (Å²) >= 11 is 0. The van der Waals surface area contributed by atoms with E-state index in [4.69, 9.17) is 5.11 Å². The number of fused-ring (bicyclic) bond motifs is 1. The van der Waals surface area contributed by atoms with Crippen molar-refractivity contribution in [3.05, 3.63) is 35.0 Å². The lowest BCUT2D eigenvalue weighted by Gasteiger charge is -1.97. The molecule has 0 bridgehead atoms. The molecule has 0 saturated heterocycles. The maximum atomic E-state index is 10.6. The minimum atomic E-state index is -0.809. The number of carboxylic acid groups (broad SMARTS) is 1. The average molecular weight is 203 g/mol. The Kier molecular flexibility index (Phi) is 2.23. The maximum absolute atomic E-state index is 10.6. The first-order valence-corrected chi connectivity index (χ1v) is 4.87. The second-order valence-electron chi connectivity index (χ2n) is 3.91. The first-order chi connectivity index (χ1) is 7.06. The lowest BCUT2D eigenvalue weighted by Crippen LogP contribution is -1.99. The number of hydrogen-bond donors (Lipinski definition) is 2. The highest BCUT2D eigenvalue weighted by atomic mass is 16.4. The van der Waals surface area contributed by atoms with E-state index in [1.54, 1.807) is 0 Å². The molecule has 0 aliphatic rings. The fourth-order valence-electron chi connectivity index (χ4n) is 1.93. The van der Waals surface area contributed by atoms with Gasteiger partial charge in [-0.25, -0.2) is 0 Å². The van der Waals surface area contributed by atoms with Crippen molar-refractivity contribution >= 4 is 16.9 Å². The molecule has 2 rings (SSSR count). The lowest BCUT2D eigenvalue weighted by atomic mass is 10.1. The molecule has 0 aliphatic heterocycles. The van der Waals surface area contributed by atoms with Crippen LogP contribution in [0.5, 0.6) is 0 Å². The summed E-state index contributed by atoms with van der Waals surface area (Å²) in [7, 11) is 0. The van der Waals surface area contributed by atoms with Gasteiger partial charge in [-0.05, 0) is 31.5 Å². The van der Waals surface area contributed by atoms with Gasteiger partial charge < -0.3 is 10.1 Å². The number of rotatable bonds is 2. The van der Waals surface area contributed by atoms with Crippen molar-refractivity contribution in [2.75, 3.05) is 0 Å². The number of hydrogen-bond acceptors (Lipinski definition) is 1. The Balaban J connectivity index is 2.55. The Morgan fingerprint density at radius 2 is 2.07 bits per heavy atom. The minimum absolute atomic E-state index is 0.0488. The van der Waals surface area contributed by atoms with Crippen molar-refractivity contribution in [3.8, 4) is 0 Å². The molecular formula is C12H13NO2. The topological polar surface area (TPSA) is 53.1 Å². The van der Waals surface area contributed by atoms with Crippen LogP contribution in [0.1, 0.15) is 16.8 Å². The molecule has 0 fully saturated rings. The molecule has 0 unspecified atom stereocenters. The number of nitrogens with one attached hydrogen (secondary N) is 1. The third-order valence-electron chi connectivity index (χ3n) is 2.47. The van der Waals surface area contributed by atoms with Crippen LogP contribution in [0.25, 0.3) is 10.9 Å². The van der Waals surface area contributed by atoms with Crippen LogP contribution in [-0.4, -0.2) is 16.1 Å². The second-order valence-corrected chi connectivity index (χ2v) is 3.91. The van der Waals surface area contributed by atoms with Gasteiger partial charge in [-0.15, -0.1) is 0 Å². The molecule has 78 valence electrons. The Morgan fingerprint density at radius 3 is 2.73 bits per heavy atom. The van der Waals surface area contributed by atoms with E-state index in [2.05, 4.69) is 17.1 Å². The van der Waals surface area contributed by atoms with E-state index in [-0.39, 0.29) is 6.42 Å². The van der Waals surface area contributed by atoms with Crippen LogP contribution in [0.3, 0.4) is 0 Å². The van der Waals surface area contributed by atoms with Gasteiger partial charge in [0.15, 0.2) is 0 Å². The van der Waals surface area contributed by atoms with Crippen LogP contribution in [0.2, 0.25) is 0 Å². The third kappa shape index (κ3) is 1.86. The summed E-state index contributed by atoms with van der Waals surface area (Å²) in [5.74, 6) is -0.809. The molecule has 0 aliphatic carbocycles. The standard InChI is InChI=1S/C12H13NO2/c1-7-3-8(2)12-9(4-7)5-10(13-12)6-11(14)15/h3-5,13H,6H2,1-2H3,(H,14,15). The maximum Gasteiger partial charge on any atom is 0.309 e. The Hall–Kier alpha value is -1.77. The normalized spacial score (nSPS) is 10.8. The number of benzene rings is 1. The molecular weight excluding hydrogens is 190 g/mol. The Morgan fingerprint density at radius 1 is 1.33 bits per heavy atom. The molecule has 3 nitrogen and oxygen atoms in total. The second kappa shape index (κ2) is 3.42. The van der Waals surface area contributed by atoms with Gasteiger partial charge in [0.1, 0.15) is 0 Å². The molecule has 2 aromatic rings. The molecule has 0 radical (unpaired) electrons. The summed E-state index contributed by atoms with van der Waals surface area (Å²) in [6, 6.07) is 6.05. The molecule has 1 aromatic heterocycles. The van der Waals surface area contributed by atoms with Crippen LogP contribution < -0.4 is 0 Å². The summed E-state index contributed by atoms with van der Waals surface area (Å²) < 4.78 is 0. The molecule has 0 spiro atoms. The van der Waals surface area contributed by atoms with Gasteiger partial charge in [0.05, 0.1) is 6.42 Å². The zero-order valence-electron chi connectivity index (χ0n) is 8.79. The predicted molar refractivity (Wildman–Crippen MR) is 59.1 cm³/mol. The van der Waals surface area contributed by atoms with Crippen LogP contribution in [-0.2, 0) is 11.2 Å². The van der Waals surface area contributed by atoms with Crippen molar-refractivity contribution in [1.82, 2.24) is 4.98 Å². The van der Waals surface area contributed by atoms with Crippen molar-refractivity contribution < 1.29 is 9.90 Å². The molecule has 0 saturated carbocycles. The zero-order valence-corrected chi connectivity index (χ0v) is 8.79. The number of aliphatic carboxylic acids is 1. The average Bonchev–Trinajstić information content (AvgIpc) is 2.45. The smallest absolute Gasteiger partial charge is 0.309 e. The van der Waals surface area contributed by atoms with E-state index in [1.165, 1.54) is 5.56 Å². The van der Waals surface area contributed by atoms with E-state index < -0.39 is 5.97 Å². The third-order valence-corrected chi connectivity index (χ3v) is 2.47. The highest BCUT2D eigenvalue weighted by Crippen LogP contribution is 2.21. The van der Waals surface area contributed by atoms with Gasteiger partial charge in [0, 0.05) is 16.6 Å². The van der Waals surface area contributed by atoms with Gasteiger partial charge >= 0.3 is 5.97 Å². The monoisotopic (exact) mass is 203 g/mol. The number of carbonyl (C=O) groups is 1. The van der Waals surface area contributed by atoms with Crippen molar-refractivity contribution in [3.63, 3.8) is 0 Å². The van der Waals surface area contributed by atoms with Crippen LogP contribution in [0.15, 0.2) is 18.2 Å². The SMILES string of the molecule is Cc1cc(C)c2[nH]c(CC(=O)O)cc2c1. The summed E-state index contributed by atoms with van der Waals surface area (Å²) in [4.78, 5) is 13.7. The lowest BCUT2D eigenvalue weighted by molar-refractivity contribution is -0.136. The molecule has 3 heteroatoms. The van der Waals surface area contributed by atoms with Crippen molar-refractivity contribution in [2.45, 2.75) is 20.3 Å². The van der Waals surface area contributed by atoms with Crippen LogP contribution in [0, 0.1) is 13.8 Å². The van der Waals surface area contributed by atoms with Crippen LogP contribution in [0.4, 0.5) is 0 Å². The molecule has 0 amide bonds. The summed E-state index contributed by atoms with van der Waals surface area (Å²) in [5, 5.41) is 9.78. The summed E-state index contributed by atoms with van der Waals surface area (Å²) in [6.45, 7) is 4.06. The quantitative estimate of drug-likeness (QED) is 0.787. The fourth-order valence-corrected chi connectivity index (χ4v) is 1.93. The van der Waals surface area contributed by atoms with E-state index in [1.807, 2.05) is 19.9 Å². The number of aromatic amines is 1. The molecule has 2 N–H and O–H groups in total. The van der Waals surface area contributed by atoms with Gasteiger partial charge in [0.25, 0.3) is 0 Å². The highest BCUT2D eigenvalue weighted by Gasteiger charge is 2.06. The van der Waals surface area contributed by atoms with Gasteiger partial charge in [-0.1, -0.05) is 11.6 Å².